The van der Waals surface area contributed by atoms with Crippen molar-refractivity contribution in [3.8, 4) is 11.5 Å². The number of aromatic carboxylic acids is 1. The summed E-state index contributed by atoms with van der Waals surface area (Å²) in [6.07, 6.45) is 8.72. The van der Waals surface area contributed by atoms with E-state index < -0.39 is 23.6 Å². The van der Waals surface area contributed by atoms with Gasteiger partial charge in [-0.2, -0.15) is 0 Å². The smallest absolute Gasteiger partial charge is 0.354 e. The first-order chi connectivity index (χ1) is 38.1. The van der Waals surface area contributed by atoms with Gasteiger partial charge in [-0.1, -0.05) is 0 Å². The van der Waals surface area contributed by atoms with Crippen LogP contribution >= 0.6 is 22.7 Å². The van der Waals surface area contributed by atoms with Gasteiger partial charge in [0.05, 0.1) is 41.7 Å². The van der Waals surface area contributed by atoms with E-state index in [1.165, 1.54) is 22.3 Å². The number of pyridine rings is 4. The van der Waals surface area contributed by atoms with Crippen LogP contribution in [0.5, 0.6) is 11.5 Å². The van der Waals surface area contributed by atoms with E-state index in [1.54, 1.807) is 77.4 Å². The second kappa shape index (κ2) is 23.9. The molecule has 4 amide bonds. The van der Waals surface area contributed by atoms with E-state index in [-0.39, 0.29) is 41.8 Å². The van der Waals surface area contributed by atoms with Crippen molar-refractivity contribution in [3.63, 3.8) is 0 Å². The van der Waals surface area contributed by atoms with Crippen molar-refractivity contribution in [1.82, 2.24) is 29.9 Å². The summed E-state index contributed by atoms with van der Waals surface area (Å²) in [5.74, 6) is 0.148. The summed E-state index contributed by atoms with van der Waals surface area (Å²) in [6.45, 7) is 12.5. The number of Topliss-reactive ketones (excluding diaryl/α,β-unsaturated/α-hetero) is 1. The maximum Gasteiger partial charge on any atom is 0.354 e. The second-order valence-electron chi connectivity index (χ2n) is 20.0. The summed E-state index contributed by atoms with van der Waals surface area (Å²) in [5.41, 5.74) is 7.08. The van der Waals surface area contributed by atoms with E-state index in [4.69, 9.17) is 34.2 Å². The van der Waals surface area contributed by atoms with Crippen LogP contribution in [-0.2, 0) is 31.9 Å². The van der Waals surface area contributed by atoms with Crippen molar-refractivity contribution in [2.45, 2.75) is 95.8 Å². The molecule has 0 spiro atoms. The second-order valence-corrected chi connectivity index (χ2v) is 22.0. The molecule has 0 radical (unpaired) electrons. The number of aromatic nitrogens is 6. The molecule has 26 heteroatoms. The molecule has 79 heavy (non-hydrogen) atoms. The average molecular weight is 1120 g/mol. The van der Waals surface area contributed by atoms with E-state index in [2.05, 4.69) is 50.3 Å². The number of ether oxygens (including phenoxy) is 6. The van der Waals surface area contributed by atoms with Gasteiger partial charge >= 0.3 is 18.0 Å². The number of carboxylic acid groups (broad SMARTS) is 1. The number of hydrogen-bond donors (Lipinski definition) is 4. The van der Waals surface area contributed by atoms with Crippen LogP contribution in [0.25, 0.3) is 0 Å². The van der Waals surface area contributed by atoms with Crippen molar-refractivity contribution in [1.29, 1.82) is 0 Å². The number of thiazole rings is 2. The van der Waals surface area contributed by atoms with Crippen molar-refractivity contribution in [2.24, 2.45) is 5.73 Å². The zero-order valence-electron chi connectivity index (χ0n) is 44.0. The highest BCUT2D eigenvalue weighted by Gasteiger charge is 2.43. The molecule has 0 saturated carbocycles. The maximum atomic E-state index is 13.6. The number of fused-ring (bicyclic) bond motifs is 8. The number of hydrogen-bond acceptors (Lipinski definition) is 21. The Morgan fingerprint density at radius 1 is 0.684 bits per heavy atom. The van der Waals surface area contributed by atoms with Gasteiger partial charge in [-0.15, -0.1) is 22.7 Å². The summed E-state index contributed by atoms with van der Waals surface area (Å²) in [5, 5.41) is 20.8. The zero-order valence-corrected chi connectivity index (χ0v) is 45.6. The number of carbonyl (C=O) groups excluding carboxylic acids is 3. The van der Waals surface area contributed by atoms with Gasteiger partial charge in [0.1, 0.15) is 59.3 Å². The molecular formula is C53H61N13O11S2. The van der Waals surface area contributed by atoms with E-state index in [9.17, 15) is 24.3 Å². The number of carbonyl (C=O) groups is 4. The van der Waals surface area contributed by atoms with Gasteiger partial charge in [0.15, 0.2) is 34.7 Å². The SMILES string of the molecule is CC1(C)OC[C@H](COc2ccnc(NC(=O)N3c4nc(C(=O)CCc5nccs5)ccc4N4CC[C@H]3C4)c2)O1.CC1(C)OC[C@H](COc2ccnc(NC(=O)N3c4nc(C(=O)O)ccc4N4CC[C@H]3C4)c2)O1.NCc1nccs1. The number of urea groups is 2. The predicted octanol–water partition coefficient (Wildman–Crippen LogP) is 6.85. The van der Waals surface area contributed by atoms with E-state index in [0.29, 0.717) is 92.8 Å². The lowest BCUT2D eigenvalue weighted by atomic mass is 10.1. The van der Waals surface area contributed by atoms with Crippen LogP contribution in [0.3, 0.4) is 0 Å². The number of aryl methyl sites for hydroxylation is 1. The molecule has 6 aliphatic rings. The highest BCUT2D eigenvalue weighted by molar-refractivity contribution is 7.09. The van der Waals surface area contributed by atoms with Crippen LogP contribution in [0.2, 0.25) is 0 Å². The van der Waals surface area contributed by atoms with Crippen LogP contribution < -0.4 is 45.4 Å². The molecule has 6 aromatic rings. The number of nitrogens with zero attached hydrogens (tertiary/aromatic N) is 10. The summed E-state index contributed by atoms with van der Waals surface area (Å²) in [7, 11) is 0. The minimum Gasteiger partial charge on any atom is -0.491 e. The molecule has 6 aromatic heterocycles. The molecule has 4 bridgehead atoms. The van der Waals surface area contributed by atoms with Gasteiger partial charge in [-0.3, -0.25) is 25.2 Å². The molecule has 0 aliphatic carbocycles. The fraction of sp³-hybridized carbons (Fsp3) is 0.434. The third kappa shape index (κ3) is 13.4. The Morgan fingerprint density at radius 2 is 1.18 bits per heavy atom. The molecule has 12 heterocycles. The lowest BCUT2D eigenvalue weighted by Gasteiger charge is -2.35. The topological polar surface area (TPSA) is 284 Å². The molecule has 4 atom stereocenters. The standard InChI is InChI=1S/C27H30N6O5S.C22H25N5O6.C4H6N2S/c1-27(2)37-16-19(38-27)15-36-18-7-9-28-23(13-18)31-26(35)33-17-8-11-32(14-17)21-4-3-20(30-25(21)33)22(34)5-6-24-29-10-12-39-24;1-22(2)32-12-15(33-22)11-31-14-5-7-23-18(9-14)25-21(30)27-13-6-8-26(10-13)17-4-3-16(20(28)29)24-19(17)27;5-3-4-6-1-2-7-4/h3-4,7,9-10,12-13,17,19H,5-6,8,11,14-16H2,1-2H3,(H,28,31,35);3-5,7,9,13,15H,6,8,10-12H2,1-2H3,(H,28,29)(H,23,25,30);1-2H,3,5H2/t17-,19-;13-,15-;/m00./s1. The van der Waals surface area contributed by atoms with Crippen LogP contribution in [0.4, 0.5) is 44.2 Å². The average Bonchev–Trinajstić information content (AvgIpc) is 4.55. The highest BCUT2D eigenvalue weighted by atomic mass is 32.1. The molecular weight excluding hydrogens is 1060 g/mol. The van der Waals surface area contributed by atoms with Crippen LogP contribution in [0.15, 0.2) is 84.1 Å². The Labute approximate surface area is 463 Å². The Balaban J connectivity index is 0.000000160. The third-order valence-corrected chi connectivity index (χ3v) is 15.1. The minimum atomic E-state index is -1.14. The quantitative estimate of drug-likeness (QED) is 0.0811. The molecule has 5 N–H and O–H groups in total. The van der Waals surface area contributed by atoms with E-state index in [1.807, 2.05) is 44.5 Å². The predicted molar refractivity (Wildman–Crippen MR) is 294 cm³/mol. The summed E-state index contributed by atoms with van der Waals surface area (Å²) in [4.78, 5) is 84.4. The monoisotopic (exact) mass is 1120 g/mol. The molecule has 416 valence electrons. The van der Waals surface area contributed by atoms with Crippen molar-refractivity contribution in [3.05, 3.63) is 105 Å². The molecule has 4 fully saturated rings. The fourth-order valence-corrected chi connectivity index (χ4v) is 11.0. The fourth-order valence-electron chi connectivity index (χ4n) is 9.84. The largest absolute Gasteiger partial charge is 0.491 e. The van der Waals surface area contributed by atoms with Crippen LogP contribution in [0.1, 0.15) is 77.9 Å². The normalized spacial score (nSPS) is 20.7. The van der Waals surface area contributed by atoms with Crippen molar-refractivity contribution < 1.29 is 52.7 Å². The van der Waals surface area contributed by atoms with E-state index >= 15 is 0 Å². The summed E-state index contributed by atoms with van der Waals surface area (Å²) >= 11 is 3.12. The third-order valence-electron chi connectivity index (χ3n) is 13.5. The maximum absolute atomic E-state index is 13.6. The lowest BCUT2D eigenvalue weighted by molar-refractivity contribution is -0.141. The Morgan fingerprint density at radius 3 is 1.62 bits per heavy atom. The molecule has 24 nitrogen and oxygen atoms in total. The Hall–Kier alpha value is -7.46. The number of amides is 4. The molecule has 0 aromatic carbocycles. The number of nitrogens with two attached hydrogens (primary N) is 1. The van der Waals surface area contributed by atoms with Crippen LogP contribution in [-0.4, -0.2) is 147 Å². The number of carboxylic acids is 1. The molecule has 4 saturated heterocycles. The summed E-state index contributed by atoms with van der Waals surface area (Å²) < 4.78 is 34.3. The number of anilines is 6. The first-order valence-corrected chi connectivity index (χ1v) is 27.6. The van der Waals surface area contributed by atoms with Gasteiger partial charge < -0.3 is 49.1 Å². The minimum absolute atomic E-state index is 0.0482. The van der Waals surface area contributed by atoms with Gasteiger partial charge in [0, 0.05) is 93.2 Å². The van der Waals surface area contributed by atoms with Crippen LogP contribution in [0, 0.1) is 0 Å². The van der Waals surface area contributed by atoms with Gasteiger partial charge in [0.2, 0.25) is 0 Å². The van der Waals surface area contributed by atoms with Gasteiger partial charge in [-0.25, -0.2) is 44.3 Å². The first kappa shape index (κ1) is 54.9. The van der Waals surface area contributed by atoms with Crippen molar-refractivity contribution >= 4 is 81.1 Å². The summed E-state index contributed by atoms with van der Waals surface area (Å²) in [6, 6.07) is 12.6. The van der Waals surface area contributed by atoms with Gasteiger partial charge in [-0.05, 0) is 76.9 Å². The Bertz CT molecular complexity index is 3130. The lowest BCUT2D eigenvalue weighted by Crippen LogP contribution is -2.48. The van der Waals surface area contributed by atoms with Gasteiger partial charge in [0.25, 0.3) is 0 Å². The molecule has 12 rings (SSSR count). The van der Waals surface area contributed by atoms with Crippen molar-refractivity contribution in [2.75, 3.05) is 82.8 Å². The molecule has 0 unspecified atom stereocenters. The first-order valence-electron chi connectivity index (χ1n) is 25.8. The highest BCUT2D eigenvalue weighted by Crippen LogP contribution is 2.41. The number of rotatable bonds is 14. The number of ketones is 1. The number of nitrogens with one attached hydrogen (secondary N) is 2. The van der Waals surface area contributed by atoms with E-state index in [0.717, 1.165) is 53.9 Å². The molecule has 6 aliphatic heterocycles. The zero-order chi connectivity index (χ0) is 55.3. The Kier molecular flexibility index (Phi) is 16.6.